The van der Waals surface area contributed by atoms with Crippen molar-refractivity contribution >= 4 is 23.4 Å². The molecule has 0 saturated heterocycles. The Morgan fingerprint density at radius 1 is 0.957 bits per heavy atom. The number of aryl methyl sites for hydroxylation is 1. The van der Waals surface area contributed by atoms with Gasteiger partial charge in [0, 0.05) is 11.4 Å². The summed E-state index contributed by atoms with van der Waals surface area (Å²) in [6.07, 6.45) is 0.485. The Hall–Kier alpha value is -2.40. The number of benzene rings is 2. The van der Waals surface area contributed by atoms with Crippen LogP contribution < -0.4 is 10.9 Å². The average molecular weight is 335 g/mol. The van der Waals surface area contributed by atoms with Gasteiger partial charge in [0.1, 0.15) is 5.82 Å². The van der Waals surface area contributed by atoms with Crippen molar-refractivity contribution in [2.75, 3.05) is 0 Å². The van der Waals surface area contributed by atoms with E-state index in [2.05, 4.69) is 10.9 Å². The summed E-state index contributed by atoms with van der Waals surface area (Å²) in [5.41, 5.74) is 5.90. The minimum atomic E-state index is -0.377. The van der Waals surface area contributed by atoms with Crippen LogP contribution in [0.3, 0.4) is 0 Å². The molecule has 6 heteroatoms. The molecule has 0 aliphatic rings. The molecule has 120 valence electrons. The number of hydrogen-bond donors (Lipinski definition) is 2. The van der Waals surface area contributed by atoms with Crippen molar-refractivity contribution in [3.8, 4) is 0 Å². The molecule has 23 heavy (non-hydrogen) atoms. The highest BCUT2D eigenvalue weighted by Gasteiger charge is 2.08. The molecule has 4 nitrogen and oxygen atoms in total. The van der Waals surface area contributed by atoms with Gasteiger partial charge in [-0.1, -0.05) is 41.9 Å². The van der Waals surface area contributed by atoms with Crippen molar-refractivity contribution in [1.82, 2.24) is 10.9 Å². The van der Waals surface area contributed by atoms with Crippen LogP contribution in [0.5, 0.6) is 0 Å². The number of hydrazine groups is 1. The first-order valence-corrected chi connectivity index (χ1v) is 7.48. The summed E-state index contributed by atoms with van der Waals surface area (Å²) < 4.78 is 13.4. The van der Waals surface area contributed by atoms with E-state index in [-0.39, 0.29) is 36.9 Å². The van der Waals surface area contributed by atoms with Crippen LogP contribution in [0.15, 0.2) is 48.5 Å². The molecule has 2 amide bonds. The van der Waals surface area contributed by atoms with Crippen LogP contribution in [0.4, 0.5) is 4.39 Å². The SMILES string of the molecule is O=C(CCc1ccccc1F)NNC(=O)Cc1ccc(Cl)cc1. The Labute approximate surface area is 138 Å². The first kappa shape index (κ1) is 17.0. The zero-order valence-corrected chi connectivity index (χ0v) is 13.1. The molecule has 0 bridgehead atoms. The van der Waals surface area contributed by atoms with Crippen LogP contribution in [-0.2, 0) is 22.4 Å². The molecule has 2 aromatic rings. The van der Waals surface area contributed by atoms with Gasteiger partial charge in [0.25, 0.3) is 0 Å². The van der Waals surface area contributed by atoms with Crippen LogP contribution >= 0.6 is 11.6 Å². The number of hydrogen-bond acceptors (Lipinski definition) is 2. The second kappa shape index (κ2) is 8.29. The van der Waals surface area contributed by atoms with Gasteiger partial charge in [0.2, 0.25) is 11.8 Å². The summed E-state index contributed by atoms with van der Waals surface area (Å²) in [4.78, 5) is 23.4. The van der Waals surface area contributed by atoms with E-state index in [4.69, 9.17) is 11.6 Å². The van der Waals surface area contributed by atoms with E-state index in [1.807, 2.05) is 0 Å². The van der Waals surface area contributed by atoms with Gasteiger partial charge < -0.3 is 0 Å². The Balaban J connectivity index is 1.72. The topological polar surface area (TPSA) is 58.2 Å². The van der Waals surface area contributed by atoms with Crippen LogP contribution in [0.1, 0.15) is 17.5 Å². The zero-order chi connectivity index (χ0) is 16.7. The minimum absolute atomic E-state index is 0.0855. The van der Waals surface area contributed by atoms with E-state index < -0.39 is 0 Å². The van der Waals surface area contributed by atoms with Gasteiger partial charge in [-0.15, -0.1) is 0 Å². The average Bonchev–Trinajstić information content (AvgIpc) is 2.54. The molecular formula is C17H16ClFN2O2. The van der Waals surface area contributed by atoms with E-state index in [1.54, 1.807) is 42.5 Å². The molecule has 0 unspecified atom stereocenters. The maximum absolute atomic E-state index is 13.4. The number of halogens is 2. The highest BCUT2D eigenvalue weighted by Crippen LogP contribution is 2.10. The Morgan fingerprint density at radius 2 is 1.61 bits per heavy atom. The molecule has 0 fully saturated rings. The van der Waals surface area contributed by atoms with Gasteiger partial charge in [-0.25, -0.2) is 4.39 Å². The Morgan fingerprint density at radius 3 is 2.30 bits per heavy atom. The molecule has 2 aromatic carbocycles. The predicted octanol–water partition coefficient (Wildman–Crippen LogP) is 2.80. The van der Waals surface area contributed by atoms with Crippen molar-refractivity contribution in [2.45, 2.75) is 19.3 Å². The number of carbonyl (C=O) groups is 2. The predicted molar refractivity (Wildman–Crippen MR) is 86.2 cm³/mol. The number of rotatable bonds is 5. The van der Waals surface area contributed by atoms with Gasteiger partial charge in [-0.3, -0.25) is 20.4 Å². The molecule has 0 aliphatic heterocycles. The van der Waals surface area contributed by atoms with Gasteiger partial charge >= 0.3 is 0 Å². The lowest BCUT2D eigenvalue weighted by Gasteiger charge is -2.08. The summed E-state index contributed by atoms with van der Waals surface area (Å²) >= 11 is 5.76. The van der Waals surface area contributed by atoms with E-state index in [0.717, 1.165) is 5.56 Å². The largest absolute Gasteiger partial charge is 0.273 e. The van der Waals surface area contributed by atoms with Gasteiger partial charge in [-0.2, -0.15) is 0 Å². The van der Waals surface area contributed by atoms with Crippen molar-refractivity contribution in [3.63, 3.8) is 0 Å². The summed E-state index contributed by atoms with van der Waals surface area (Å²) in [5, 5.41) is 0.593. The minimum Gasteiger partial charge on any atom is -0.273 e. The number of carbonyl (C=O) groups excluding carboxylic acids is 2. The summed E-state index contributed by atoms with van der Waals surface area (Å²) in [5.74, 6) is -1.06. The van der Waals surface area contributed by atoms with Crippen molar-refractivity contribution in [3.05, 3.63) is 70.5 Å². The molecule has 0 spiro atoms. The molecule has 0 saturated carbocycles. The molecule has 0 aromatic heterocycles. The third kappa shape index (κ3) is 5.71. The summed E-state index contributed by atoms with van der Waals surface area (Å²) in [6.45, 7) is 0. The fourth-order valence-corrected chi connectivity index (χ4v) is 2.11. The summed E-state index contributed by atoms with van der Waals surface area (Å²) in [6, 6.07) is 13.1. The number of nitrogens with one attached hydrogen (secondary N) is 2. The number of amides is 2. The third-order valence-electron chi connectivity index (χ3n) is 3.20. The van der Waals surface area contributed by atoms with Crippen LogP contribution in [0.25, 0.3) is 0 Å². The third-order valence-corrected chi connectivity index (χ3v) is 3.45. The highest BCUT2D eigenvalue weighted by atomic mass is 35.5. The smallest absolute Gasteiger partial charge is 0.242 e. The van der Waals surface area contributed by atoms with E-state index in [9.17, 15) is 14.0 Å². The second-order valence-corrected chi connectivity index (χ2v) is 5.43. The summed E-state index contributed by atoms with van der Waals surface area (Å²) in [7, 11) is 0. The second-order valence-electron chi connectivity index (χ2n) is 4.99. The maximum Gasteiger partial charge on any atom is 0.242 e. The van der Waals surface area contributed by atoms with Crippen LogP contribution in [-0.4, -0.2) is 11.8 Å². The standard InChI is InChI=1S/C17H16ClFN2O2/c18-14-8-5-12(6-9-14)11-17(23)21-20-16(22)10-7-13-3-1-2-4-15(13)19/h1-6,8-9H,7,10-11H2,(H,20,22)(H,21,23). The zero-order valence-electron chi connectivity index (χ0n) is 12.3. The van der Waals surface area contributed by atoms with Crippen molar-refractivity contribution < 1.29 is 14.0 Å². The molecule has 0 atom stereocenters. The maximum atomic E-state index is 13.4. The Bertz CT molecular complexity index is 689. The van der Waals surface area contributed by atoms with E-state index in [1.165, 1.54) is 6.07 Å². The first-order chi connectivity index (χ1) is 11.0. The highest BCUT2D eigenvalue weighted by molar-refractivity contribution is 6.30. The monoisotopic (exact) mass is 334 g/mol. The molecule has 0 heterocycles. The van der Waals surface area contributed by atoms with E-state index in [0.29, 0.717) is 10.6 Å². The lowest BCUT2D eigenvalue weighted by Crippen LogP contribution is -2.42. The van der Waals surface area contributed by atoms with E-state index >= 15 is 0 Å². The van der Waals surface area contributed by atoms with Crippen molar-refractivity contribution in [2.24, 2.45) is 0 Å². The van der Waals surface area contributed by atoms with Crippen LogP contribution in [0.2, 0.25) is 5.02 Å². The lowest BCUT2D eigenvalue weighted by molar-refractivity contribution is -0.128. The van der Waals surface area contributed by atoms with Gasteiger partial charge in [0.15, 0.2) is 0 Å². The molecular weight excluding hydrogens is 319 g/mol. The fourth-order valence-electron chi connectivity index (χ4n) is 1.98. The molecule has 2 N–H and O–H groups in total. The Kier molecular flexibility index (Phi) is 6.11. The molecule has 0 radical (unpaired) electrons. The normalized spacial score (nSPS) is 10.2. The molecule has 0 aliphatic carbocycles. The first-order valence-electron chi connectivity index (χ1n) is 7.10. The van der Waals surface area contributed by atoms with Crippen molar-refractivity contribution in [1.29, 1.82) is 0 Å². The molecule has 2 rings (SSSR count). The fraction of sp³-hybridized carbons (Fsp3) is 0.176. The van der Waals surface area contributed by atoms with Gasteiger partial charge in [0.05, 0.1) is 6.42 Å². The van der Waals surface area contributed by atoms with Gasteiger partial charge in [-0.05, 0) is 35.7 Å². The lowest BCUT2D eigenvalue weighted by atomic mass is 10.1. The quantitative estimate of drug-likeness (QED) is 0.826. The van der Waals surface area contributed by atoms with Crippen LogP contribution in [0, 0.1) is 5.82 Å².